The molecule has 1 aliphatic rings. The SMILES string of the molecule is CO[C@@]1(COc2ccc(C)cc2)CCCN(CC(=O)NCCc2ccccc2)CC1. The van der Waals surface area contributed by atoms with Crippen molar-refractivity contribution in [2.24, 2.45) is 0 Å². The van der Waals surface area contributed by atoms with Gasteiger partial charge in [-0.2, -0.15) is 0 Å². The van der Waals surface area contributed by atoms with Crippen molar-refractivity contribution in [3.05, 3.63) is 65.7 Å². The van der Waals surface area contributed by atoms with Crippen molar-refractivity contribution in [3.63, 3.8) is 0 Å². The number of rotatable bonds is 9. The molecule has 0 bridgehead atoms. The molecule has 2 aromatic carbocycles. The van der Waals surface area contributed by atoms with Crippen molar-refractivity contribution in [3.8, 4) is 5.75 Å². The van der Waals surface area contributed by atoms with Crippen LogP contribution in [0.2, 0.25) is 0 Å². The van der Waals surface area contributed by atoms with Gasteiger partial charge in [-0.15, -0.1) is 0 Å². The quantitative estimate of drug-likeness (QED) is 0.686. The van der Waals surface area contributed by atoms with Gasteiger partial charge in [0.05, 0.1) is 6.54 Å². The summed E-state index contributed by atoms with van der Waals surface area (Å²) in [5.74, 6) is 0.961. The number of methoxy groups -OCH3 is 1. The van der Waals surface area contributed by atoms with Gasteiger partial charge in [-0.25, -0.2) is 0 Å². The molecular weight excluding hydrogens is 376 g/mol. The molecule has 1 saturated heterocycles. The van der Waals surface area contributed by atoms with E-state index >= 15 is 0 Å². The highest BCUT2D eigenvalue weighted by molar-refractivity contribution is 5.78. The Balaban J connectivity index is 1.43. The van der Waals surface area contributed by atoms with E-state index in [2.05, 4.69) is 41.4 Å². The van der Waals surface area contributed by atoms with Crippen molar-refractivity contribution < 1.29 is 14.3 Å². The van der Waals surface area contributed by atoms with Gasteiger partial charge < -0.3 is 14.8 Å². The van der Waals surface area contributed by atoms with Crippen LogP contribution < -0.4 is 10.1 Å². The number of hydrogen-bond donors (Lipinski definition) is 1. The zero-order valence-corrected chi connectivity index (χ0v) is 18.2. The zero-order valence-electron chi connectivity index (χ0n) is 18.2. The lowest BCUT2D eigenvalue weighted by molar-refractivity contribution is -0.122. The van der Waals surface area contributed by atoms with Gasteiger partial charge in [-0.1, -0.05) is 48.0 Å². The monoisotopic (exact) mass is 410 g/mol. The number of nitrogens with one attached hydrogen (secondary N) is 1. The van der Waals surface area contributed by atoms with E-state index in [0.717, 1.165) is 44.5 Å². The lowest BCUT2D eigenvalue weighted by Crippen LogP contribution is -2.41. The Bertz CT molecular complexity index is 779. The second-order valence-corrected chi connectivity index (χ2v) is 8.20. The maximum atomic E-state index is 12.4. The third-order valence-corrected chi connectivity index (χ3v) is 5.89. The molecule has 0 unspecified atom stereocenters. The largest absolute Gasteiger partial charge is 0.491 e. The van der Waals surface area contributed by atoms with Crippen molar-refractivity contribution in [1.29, 1.82) is 0 Å². The lowest BCUT2D eigenvalue weighted by Gasteiger charge is -2.31. The molecule has 0 spiro atoms. The minimum absolute atomic E-state index is 0.0896. The number of ether oxygens (including phenoxy) is 2. The first kappa shape index (κ1) is 22.3. The Morgan fingerprint density at radius 3 is 2.57 bits per heavy atom. The Morgan fingerprint density at radius 2 is 1.83 bits per heavy atom. The van der Waals surface area contributed by atoms with Crippen LogP contribution in [-0.4, -0.2) is 56.3 Å². The number of carbonyl (C=O) groups excluding carboxylic acids is 1. The summed E-state index contributed by atoms with van der Waals surface area (Å²) in [5, 5.41) is 3.05. The van der Waals surface area contributed by atoms with Gasteiger partial charge in [0, 0.05) is 20.2 Å². The summed E-state index contributed by atoms with van der Waals surface area (Å²) in [6.45, 7) is 5.44. The molecule has 2 aromatic rings. The number of carbonyl (C=O) groups is 1. The van der Waals surface area contributed by atoms with E-state index < -0.39 is 0 Å². The van der Waals surface area contributed by atoms with Crippen LogP contribution in [0.5, 0.6) is 5.75 Å². The highest BCUT2D eigenvalue weighted by atomic mass is 16.5. The molecule has 1 amide bonds. The van der Waals surface area contributed by atoms with Crippen LogP contribution >= 0.6 is 0 Å². The molecular formula is C25H34N2O3. The van der Waals surface area contributed by atoms with Crippen molar-refractivity contribution in [2.45, 2.75) is 38.2 Å². The topological polar surface area (TPSA) is 50.8 Å². The summed E-state index contributed by atoms with van der Waals surface area (Å²) < 4.78 is 12.0. The molecule has 1 fully saturated rings. The van der Waals surface area contributed by atoms with Crippen LogP contribution in [-0.2, 0) is 16.0 Å². The second kappa shape index (κ2) is 11.1. The first-order valence-corrected chi connectivity index (χ1v) is 10.9. The molecule has 0 aliphatic carbocycles. The smallest absolute Gasteiger partial charge is 0.234 e. The molecule has 0 saturated carbocycles. The molecule has 1 aliphatic heterocycles. The average Bonchev–Trinajstić information content (AvgIpc) is 2.97. The fourth-order valence-electron chi connectivity index (χ4n) is 3.89. The summed E-state index contributed by atoms with van der Waals surface area (Å²) in [5.41, 5.74) is 2.16. The van der Waals surface area contributed by atoms with Crippen LogP contribution in [0.4, 0.5) is 0 Å². The van der Waals surface area contributed by atoms with Crippen LogP contribution in [0.3, 0.4) is 0 Å². The average molecular weight is 411 g/mol. The first-order valence-electron chi connectivity index (χ1n) is 10.9. The molecule has 3 rings (SSSR count). The van der Waals surface area contributed by atoms with E-state index in [0.29, 0.717) is 19.7 Å². The second-order valence-electron chi connectivity index (χ2n) is 8.20. The minimum atomic E-state index is -0.302. The Morgan fingerprint density at radius 1 is 1.07 bits per heavy atom. The number of hydrogen-bond acceptors (Lipinski definition) is 4. The van der Waals surface area contributed by atoms with Gasteiger partial charge in [-0.05, 0) is 56.8 Å². The summed E-state index contributed by atoms with van der Waals surface area (Å²) in [6, 6.07) is 18.3. The third-order valence-electron chi connectivity index (χ3n) is 5.89. The summed E-state index contributed by atoms with van der Waals surface area (Å²) in [6.07, 6.45) is 3.63. The van der Waals surface area contributed by atoms with Gasteiger partial charge in [0.25, 0.3) is 0 Å². The highest BCUT2D eigenvalue weighted by Crippen LogP contribution is 2.27. The Kier molecular flexibility index (Phi) is 8.29. The number of benzene rings is 2. The van der Waals surface area contributed by atoms with E-state index in [4.69, 9.17) is 9.47 Å². The number of likely N-dealkylation sites (tertiary alicyclic amines) is 1. The van der Waals surface area contributed by atoms with E-state index in [1.54, 1.807) is 7.11 Å². The van der Waals surface area contributed by atoms with Crippen molar-refractivity contribution >= 4 is 5.91 Å². The molecule has 1 heterocycles. The van der Waals surface area contributed by atoms with Crippen molar-refractivity contribution in [1.82, 2.24) is 10.2 Å². The standard InChI is InChI=1S/C25H34N2O3/c1-21-9-11-23(12-10-21)30-20-25(29-2)14-6-17-27(18-15-25)19-24(28)26-16-13-22-7-4-3-5-8-22/h3-5,7-12H,6,13-20H2,1-2H3,(H,26,28)/t25-/m0/s1. The highest BCUT2D eigenvalue weighted by Gasteiger charge is 2.34. The summed E-state index contributed by atoms with van der Waals surface area (Å²) >= 11 is 0. The van der Waals surface area contributed by atoms with Gasteiger partial charge in [-0.3, -0.25) is 9.69 Å². The number of amides is 1. The molecule has 0 radical (unpaired) electrons. The normalized spacial score (nSPS) is 19.8. The van der Waals surface area contributed by atoms with E-state index in [1.165, 1.54) is 11.1 Å². The van der Waals surface area contributed by atoms with E-state index in [1.807, 2.05) is 30.3 Å². The number of nitrogens with zero attached hydrogens (tertiary/aromatic N) is 1. The van der Waals surface area contributed by atoms with Crippen LogP contribution in [0.15, 0.2) is 54.6 Å². The summed E-state index contributed by atoms with van der Waals surface area (Å²) in [7, 11) is 1.77. The van der Waals surface area contributed by atoms with E-state index in [-0.39, 0.29) is 11.5 Å². The molecule has 5 heteroatoms. The predicted octanol–water partition coefficient (Wildman–Crippen LogP) is 3.60. The molecule has 1 N–H and O–H groups in total. The van der Waals surface area contributed by atoms with Gasteiger partial charge in [0.15, 0.2) is 0 Å². The molecule has 0 aromatic heterocycles. The minimum Gasteiger partial charge on any atom is -0.491 e. The van der Waals surface area contributed by atoms with Crippen LogP contribution in [0.25, 0.3) is 0 Å². The molecule has 162 valence electrons. The van der Waals surface area contributed by atoms with Crippen LogP contribution in [0, 0.1) is 6.92 Å². The predicted molar refractivity (Wildman–Crippen MR) is 120 cm³/mol. The van der Waals surface area contributed by atoms with Gasteiger partial charge in [0.2, 0.25) is 5.91 Å². The van der Waals surface area contributed by atoms with Crippen molar-refractivity contribution in [2.75, 3.05) is 39.9 Å². The number of aryl methyl sites for hydroxylation is 1. The van der Waals surface area contributed by atoms with Gasteiger partial charge in [0.1, 0.15) is 18.0 Å². The lowest BCUT2D eigenvalue weighted by atomic mass is 9.95. The summed E-state index contributed by atoms with van der Waals surface area (Å²) in [4.78, 5) is 14.6. The zero-order chi connectivity index (χ0) is 21.2. The third kappa shape index (κ3) is 6.85. The first-order chi connectivity index (χ1) is 14.6. The Hall–Kier alpha value is -2.37. The maximum absolute atomic E-state index is 12.4. The fraction of sp³-hybridized carbons (Fsp3) is 0.480. The Labute approximate surface area is 180 Å². The van der Waals surface area contributed by atoms with Crippen LogP contribution in [0.1, 0.15) is 30.4 Å². The molecule has 1 atom stereocenters. The molecule has 5 nitrogen and oxygen atoms in total. The van der Waals surface area contributed by atoms with E-state index in [9.17, 15) is 4.79 Å². The fourth-order valence-corrected chi connectivity index (χ4v) is 3.89. The molecule has 30 heavy (non-hydrogen) atoms. The van der Waals surface area contributed by atoms with Gasteiger partial charge >= 0.3 is 0 Å². The maximum Gasteiger partial charge on any atom is 0.234 e.